The first-order valence-corrected chi connectivity index (χ1v) is 14.0. The molecular weight excluding hydrogens is 572 g/mol. The van der Waals surface area contributed by atoms with Crippen molar-refractivity contribution in [2.75, 3.05) is 19.8 Å². The van der Waals surface area contributed by atoms with E-state index in [4.69, 9.17) is 23.0 Å². The summed E-state index contributed by atoms with van der Waals surface area (Å²) in [6, 6.07) is 20.7. The molecule has 0 bridgehead atoms. The van der Waals surface area contributed by atoms with E-state index in [0.29, 0.717) is 33.4 Å². The first kappa shape index (κ1) is 29.7. The maximum Gasteiger partial charge on any atom is 0.336 e. The van der Waals surface area contributed by atoms with Gasteiger partial charge in [-0.25, -0.2) is 4.79 Å². The number of hydrogen-bond acceptors (Lipinski definition) is 11. The van der Waals surface area contributed by atoms with Gasteiger partial charge in [-0.15, -0.1) is 0 Å². The Labute approximate surface area is 250 Å². The Kier molecular flexibility index (Phi) is 8.32. The Balaban J connectivity index is 1.26. The van der Waals surface area contributed by atoms with Crippen molar-refractivity contribution >= 4 is 27.7 Å². The number of hydrogen-bond donors (Lipinski definition) is 4. The molecule has 0 radical (unpaired) electrons. The average Bonchev–Trinajstić information content (AvgIpc) is 3.43. The largest absolute Gasteiger partial charge is 0.491 e. The highest BCUT2D eigenvalue weighted by Crippen LogP contribution is 2.40. The van der Waals surface area contributed by atoms with E-state index in [1.807, 2.05) is 37.3 Å². The van der Waals surface area contributed by atoms with Crippen LogP contribution in [0.3, 0.4) is 0 Å². The Morgan fingerprint density at radius 3 is 2.45 bits per heavy atom. The first-order valence-electron chi connectivity index (χ1n) is 14.0. The van der Waals surface area contributed by atoms with E-state index in [0.717, 1.165) is 10.9 Å². The van der Waals surface area contributed by atoms with E-state index in [9.17, 15) is 30.0 Å². The molecule has 5 aromatic rings. The van der Waals surface area contributed by atoms with E-state index in [1.54, 1.807) is 36.4 Å². The summed E-state index contributed by atoms with van der Waals surface area (Å²) in [7, 11) is 0. The second kappa shape index (κ2) is 12.3. The normalized spacial score (nSPS) is 22.0. The molecule has 4 N–H and O–H groups in total. The zero-order valence-corrected chi connectivity index (χ0v) is 23.6. The van der Waals surface area contributed by atoms with Crippen LogP contribution in [0.15, 0.2) is 86.4 Å². The van der Waals surface area contributed by atoms with Crippen LogP contribution in [0, 0.1) is 6.92 Å². The molecule has 11 heteroatoms. The van der Waals surface area contributed by atoms with Crippen molar-refractivity contribution < 1.29 is 48.3 Å². The second-order valence-electron chi connectivity index (χ2n) is 10.5. The lowest BCUT2D eigenvalue weighted by Gasteiger charge is -2.39. The number of benzene rings is 3. The lowest BCUT2D eigenvalue weighted by atomic mass is 9.96. The lowest BCUT2D eigenvalue weighted by molar-refractivity contribution is -0.301. The van der Waals surface area contributed by atoms with Crippen molar-refractivity contribution in [3.63, 3.8) is 0 Å². The highest BCUT2D eigenvalue weighted by atomic mass is 16.7. The summed E-state index contributed by atoms with van der Waals surface area (Å²) in [6.45, 7) is 1.18. The fraction of sp³-hybridized carbons (Fsp3) is 0.273. The summed E-state index contributed by atoms with van der Waals surface area (Å²) in [5.74, 6) is 0.0230. The molecule has 1 fully saturated rings. The van der Waals surface area contributed by atoms with Gasteiger partial charge < -0.3 is 43.5 Å². The minimum atomic E-state index is -1.55. The van der Waals surface area contributed by atoms with Gasteiger partial charge in [-0.2, -0.15) is 0 Å². The first-order chi connectivity index (χ1) is 21.3. The lowest BCUT2D eigenvalue weighted by Crippen LogP contribution is -2.59. The van der Waals surface area contributed by atoms with Gasteiger partial charge in [0.2, 0.25) is 5.78 Å². The average molecular weight is 603 g/mol. The number of aliphatic hydroxyl groups is 4. The number of ketones is 1. The fourth-order valence-electron chi connectivity index (χ4n) is 5.39. The molecule has 1 saturated heterocycles. The Bertz CT molecular complexity index is 1860. The zero-order valence-electron chi connectivity index (χ0n) is 23.6. The van der Waals surface area contributed by atoms with Gasteiger partial charge in [-0.1, -0.05) is 42.5 Å². The standard InChI is InChI=1S/C33H30O11/c1-17-14-24(35)44-31-21(17)10-11-22-26(31)25(18-6-3-2-4-7-18)32(42-22)27(36)19-8-5-9-20(15-19)40-12-13-41-33-30(39)29(38)28(37)23(16-34)43-33/h2-11,14-15,23,28-30,33-34,37-39H,12-13,16H2,1H3. The molecule has 5 unspecified atom stereocenters. The van der Waals surface area contributed by atoms with E-state index in [2.05, 4.69) is 0 Å². The maximum absolute atomic E-state index is 13.9. The van der Waals surface area contributed by atoms with Crippen LogP contribution in [0.5, 0.6) is 5.75 Å². The van der Waals surface area contributed by atoms with E-state index in [1.165, 1.54) is 6.07 Å². The van der Waals surface area contributed by atoms with Gasteiger partial charge >= 0.3 is 5.63 Å². The number of rotatable bonds is 9. The predicted molar refractivity (Wildman–Crippen MR) is 158 cm³/mol. The van der Waals surface area contributed by atoms with E-state index >= 15 is 0 Å². The molecule has 0 saturated carbocycles. The van der Waals surface area contributed by atoms with Crippen LogP contribution in [-0.4, -0.2) is 76.7 Å². The summed E-state index contributed by atoms with van der Waals surface area (Å²) < 4.78 is 28.3. The molecule has 1 aliphatic heterocycles. The van der Waals surface area contributed by atoms with Gasteiger partial charge in [-0.3, -0.25) is 4.79 Å². The number of furan rings is 1. The molecule has 0 aliphatic carbocycles. The number of aryl methyl sites for hydroxylation is 1. The van der Waals surface area contributed by atoms with Crippen molar-refractivity contribution in [3.05, 3.63) is 100 Å². The van der Waals surface area contributed by atoms with E-state index < -0.39 is 48.7 Å². The van der Waals surface area contributed by atoms with Gasteiger partial charge in [0.25, 0.3) is 0 Å². The van der Waals surface area contributed by atoms with Crippen molar-refractivity contribution in [1.82, 2.24) is 0 Å². The second-order valence-corrected chi connectivity index (χ2v) is 10.5. The van der Waals surface area contributed by atoms with Crippen LogP contribution < -0.4 is 10.4 Å². The van der Waals surface area contributed by atoms with E-state index in [-0.39, 0.29) is 24.5 Å². The van der Waals surface area contributed by atoms with Crippen LogP contribution in [0.4, 0.5) is 0 Å². The molecule has 11 nitrogen and oxygen atoms in total. The molecule has 5 atom stereocenters. The van der Waals surface area contributed by atoms with Crippen LogP contribution >= 0.6 is 0 Å². The molecule has 1 aliphatic rings. The molecular formula is C33H30O11. The van der Waals surface area contributed by atoms with Gasteiger partial charge in [-0.05, 0) is 42.3 Å². The topological polar surface area (TPSA) is 169 Å². The maximum atomic E-state index is 13.9. The Morgan fingerprint density at radius 1 is 0.886 bits per heavy atom. The molecule has 44 heavy (non-hydrogen) atoms. The minimum Gasteiger partial charge on any atom is -0.491 e. The summed E-state index contributed by atoms with van der Waals surface area (Å²) in [4.78, 5) is 26.3. The number of ether oxygens (including phenoxy) is 3. The van der Waals surface area contributed by atoms with Gasteiger partial charge in [0, 0.05) is 22.6 Å². The molecule has 2 aromatic heterocycles. The number of carbonyl (C=O) groups is 1. The third-order valence-electron chi connectivity index (χ3n) is 7.62. The summed E-state index contributed by atoms with van der Waals surface area (Å²) in [5, 5.41) is 40.6. The quantitative estimate of drug-likeness (QED) is 0.111. The van der Waals surface area contributed by atoms with Crippen LogP contribution in [0.2, 0.25) is 0 Å². The number of aliphatic hydroxyl groups excluding tert-OH is 4. The number of fused-ring (bicyclic) bond motifs is 3. The highest BCUT2D eigenvalue weighted by Gasteiger charge is 2.44. The summed E-state index contributed by atoms with van der Waals surface area (Å²) >= 11 is 0. The fourth-order valence-corrected chi connectivity index (χ4v) is 5.39. The smallest absolute Gasteiger partial charge is 0.336 e. The van der Waals surface area contributed by atoms with Crippen LogP contribution in [0.25, 0.3) is 33.1 Å². The summed E-state index contributed by atoms with van der Waals surface area (Å²) in [6.07, 6.45) is -6.92. The molecule has 0 spiro atoms. The van der Waals surface area contributed by atoms with Gasteiger partial charge in [0.15, 0.2) is 12.1 Å². The van der Waals surface area contributed by atoms with Crippen molar-refractivity contribution in [2.24, 2.45) is 0 Å². The minimum absolute atomic E-state index is 0.00304. The van der Waals surface area contributed by atoms with Crippen molar-refractivity contribution in [1.29, 1.82) is 0 Å². The highest BCUT2D eigenvalue weighted by molar-refractivity contribution is 6.20. The molecule has 6 rings (SSSR count). The Hall–Kier alpha value is -4.36. The molecule has 0 amide bonds. The molecule has 228 valence electrons. The predicted octanol–water partition coefficient (Wildman–Crippen LogP) is 2.94. The summed E-state index contributed by atoms with van der Waals surface area (Å²) in [5.41, 5.74) is 2.48. The van der Waals surface area contributed by atoms with Crippen molar-refractivity contribution in [2.45, 2.75) is 37.6 Å². The molecule has 3 heterocycles. The number of carbonyl (C=O) groups excluding carboxylic acids is 1. The third-order valence-corrected chi connectivity index (χ3v) is 7.62. The van der Waals surface area contributed by atoms with Gasteiger partial charge in [0.1, 0.15) is 47.9 Å². The monoisotopic (exact) mass is 602 g/mol. The van der Waals surface area contributed by atoms with Crippen LogP contribution in [-0.2, 0) is 9.47 Å². The molecule has 3 aromatic carbocycles. The SMILES string of the molecule is Cc1cc(=O)oc2c1ccc1oc(C(=O)c3cccc(OCCOC4OC(CO)C(O)C(O)C4O)c3)c(-c3ccccc3)c12. The third kappa shape index (κ3) is 5.52. The van der Waals surface area contributed by atoms with Crippen molar-refractivity contribution in [3.8, 4) is 16.9 Å². The Morgan fingerprint density at radius 2 is 1.68 bits per heavy atom. The zero-order chi connectivity index (χ0) is 31.0. The van der Waals surface area contributed by atoms with Crippen LogP contribution in [0.1, 0.15) is 21.7 Å². The van der Waals surface area contributed by atoms with Gasteiger partial charge in [0.05, 0.1) is 18.6 Å².